The summed E-state index contributed by atoms with van der Waals surface area (Å²) in [5, 5.41) is 20.2. The monoisotopic (exact) mass is 386 g/mol. The van der Waals surface area contributed by atoms with Crippen LogP contribution in [0, 0.1) is 0 Å². The van der Waals surface area contributed by atoms with Crippen molar-refractivity contribution in [1.29, 1.82) is 0 Å². The number of nitrogens with one attached hydrogen (secondary N) is 1. The molecule has 0 aliphatic carbocycles. The molecule has 0 bridgehead atoms. The largest absolute Gasteiger partial charge is 0.489 e. The van der Waals surface area contributed by atoms with Crippen molar-refractivity contribution >= 4 is 22.6 Å². The highest BCUT2D eigenvalue weighted by molar-refractivity contribution is 7.89. The van der Waals surface area contributed by atoms with Gasteiger partial charge < -0.3 is 19.5 Å². The quantitative estimate of drug-likeness (QED) is 0.371. The van der Waals surface area contributed by atoms with Crippen LogP contribution in [-0.4, -0.2) is 63.9 Å². The van der Waals surface area contributed by atoms with E-state index in [9.17, 15) is 18.5 Å². The zero-order chi connectivity index (χ0) is 19.3. The molecule has 11 heteroatoms. The van der Waals surface area contributed by atoms with Crippen molar-refractivity contribution in [3.63, 3.8) is 0 Å². The average Bonchev–Trinajstić information content (AvgIpc) is 2.86. The molecule has 26 heavy (non-hydrogen) atoms. The predicted molar refractivity (Wildman–Crippen MR) is 94.4 cm³/mol. The molecule has 0 fully saturated rings. The number of nitrogens with zero attached hydrogens (tertiary/aromatic N) is 1. The van der Waals surface area contributed by atoms with Gasteiger partial charge in [0.15, 0.2) is 6.23 Å². The Morgan fingerprint density at radius 1 is 1.27 bits per heavy atom. The maximum atomic E-state index is 12.7. The molecule has 9 nitrogen and oxygen atoms in total. The molecule has 3 N–H and O–H groups in total. The van der Waals surface area contributed by atoms with E-state index in [1.807, 2.05) is 0 Å². The number of rotatable bonds is 9. The summed E-state index contributed by atoms with van der Waals surface area (Å²) in [5.74, 6) is 0. The fourth-order valence-electron chi connectivity index (χ4n) is 2.34. The second kappa shape index (κ2) is 8.95. The van der Waals surface area contributed by atoms with Crippen molar-refractivity contribution in [2.24, 2.45) is 0 Å². The second-order valence-corrected chi connectivity index (χ2v) is 7.38. The smallest absolute Gasteiger partial charge is 0.423 e. The molecule has 0 amide bonds. The summed E-state index contributed by atoms with van der Waals surface area (Å²) in [5.41, 5.74) is 1.28. The Kier molecular flexibility index (Phi) is 7.18. The standard InChI is InChI=1S/C15H23BN2O7S/c1-11-12(2)18(10-24-9-8-23-3)25-15(11)17-26(21,22)14-7-5-4-6-13(14)16(19)20/h4-7,15,17,19-20H,8-10H2,1-3H3. The first-order chi connectivity index (χ1) is 12.3. The summed E-state index contributed by atoms with van der Waals surface area (Å²) in [6, 6.07) is 5.65. The molecular weight excluding hydrogens is 363 g/mol. The zero-order valence-electron chi connectivity index (χ0n) is 14.9. The van der Waals surface area contributed by atoms with Crippen molar-refractivity contribution in [1.82, 2.24) is 9.79 Å². The Morgan fingerprint density at radius 2 is 1.96 bits per heavy atom. The molecule has 1 aromatic rings. The van der Waals surface area contributed by atoms with Gasteiger partial charge in [0.25, 0.3) is 0 Å². The van der Waals surface area contributed by atoms with E-state index in [-0.39, 0.29) is 17.1 Å². The molecule has 0 radical (unpaired) electrons. The molecule has 1 unspecified atom stereocenters. The minimum absolute atomic E-state index is 0.115. The van der Waals surface area contributed by atoms with Gasteiger partial charge in [-0.25, -0.2) is 18.3 Å². The van der Waals surface area contributed by atoms with Crippen molar-refractivity contribution in [3.8, 4) is 0 Å². The molecule has 1 atom stereocenters. The van der Waals surface area contributed by atoms with E-state index in [1.165, 1.54) is 29.3 Å². The van der Waals surface area contributed by atoms with Gasteiger partial charge in [0.05, 0.1) is 18.1 Å². The van der Waals surface area contributed by atoms with Crippen LogP contribution in [0.4, 0.5) is 0 Å². The Balaban J connectivity index is 2.11. The number of hydrogen-bond acceptors (Lipinski definition) is 8. The first-order valence-electron chi connectivity index (χ1n) is 7.93. The number of hydrogen-bond donors (Lipinski definition) is 3. The van der Waals surface area contributed by atoms with E-state index >= 15 is 0 Å². The molecule has 1 aliphatic rings. The molecule has 0 aromatic heterocycles. The van der Waals surface area contributed by atoms with Gasteiger partial charge in [-0.05, 0) is 25.5 Å². The van der Waals surface area contributed by atoms with Crippen LogP contribution in [0.25, 0.3) is 0 Å². The first-order valence-corrected chi connectivity index (χ1v) is 9.42. The van der Waals surface area contributed by atoms with E-state index in [1.54, 1.807) is 21.0 Å². The lowest BCUT2D eigenvalue weighted by Gasteiger charge is -2.21. The average molecular weight is 386 g/mol. The number of allylic oxidation sites excluding steroid dienone is 1. The summed E-state index contributed by atoms with van der Waals surface area (Å²) in [6.45, 7) is 4.46. The van der Waals surface area contributed by atoms with Crippen LogP contribution in [0.5, 0.6) is 0 Å². The topological polar surface area (TPSA) is 118 Å². The number of methoxy groups -OCH3 is 1. The van der Waals surface area contributed by atoms with E-state index in [0.29, 0.717) is 18.8 Å². The molecule has 0 saturated carbocycles. The van der Waals surface area contributed by atoms with Crippen LogP contribution in [0.3, 0.4) is 0 Å². The van der Waals surface area contributed by atoms with E-state index in [0.717, 1.165) is 5.70 Å². The Labute approximate surface area is 153 Å². The van der Waals surface area contributed by atoms with Gasteiger partial charge in [0, 0.05) is 18.3 Å². The lowest BCUT2D eigenvalue weighted by molar-refractivity contribution is -0.191. The van der Waals surface area contributed by atoms with Crippen LogP contribution in [0.1, 0.15) is 13.8 Å². The highest BCUT2D eigenvalue weighted by Gasteiger charge is 2.33. The first kappa shape index (κ1) is 20.8. The molecule has 0 spiro atoms. The van der Waals surface area contributed by atoms with Gasteiger partial charge in [-0.15, -0.1) is 0 Å². The van der Waals surface area contributed by atoms with Gasteiger partial charge in [-0.3, -0.25) is 0 Å². The Hall–Kier alpha value is -1.47. The van der Waals surface area contributed by atoms with Gasteiger partial charge in [0.1, 0.15) is 6.73 Å². The maximum absolute atomic E-state index is 12.7. The molecule has 1 heterocycles. The van der Waals surface area contributed by atoms with Gasteiger partial charge in [-0.2, -0.15) is 4.72 Å². The maximum Gasteiger partial charge on any atom is 0.489 e. The summed E-state index contributed by atoms with van der Waals surface area (Å²) >= 11 is 0. The minimum Gasteiger partial charge on any atom is -0.423 e. The molecule has 0 saturated heterocycles. The van der Waals surface area contributed by atoms with E-state index in [2.05, 4.69) is 4.72 Å². The lowest BCUT2D eigenvalue weighted by atomic mass is 9.80. The molecular formula is C15H23BN2O7S. The van der Waals surface area contributed by atoms with Gasteiger partial charge in [0.2, 0.25) is 10.0 Å². The number of sulfonamides is 1. The summed E-state index contributed by atoms with van der Waals surface area (Å²) in [7, 11) is -4.38. The second-order valence-electron chi connectivity index (χ2n) is 5.70. The predicted octanol–water partition coefficient (Wildman–Crippen LogP) is -0.868. The van der Waals surface area contributed by atoms with Crippen molar-refractivity contribution < 1.29 is 32.8 Å². The third-order valence-corrected chi connectivity index (χ3v) is 5.44. The lowest BCUT2D eigenvalue weighted by Crippen LogP contribution is -2.42. The van der Waals surface area contributed by atoms with Crippen molar-refractivity contribution in [2.45, 2.75) is 25.0 Å². The number of ether oxygens (including phenoxy) is 2. The normalized spacial score (nSPS) is 17.9. The Morgan fingerprint density at radius 3 is 2.62 bits per heavy atom. The highest BCUT2D eigenvalue weighted by atomic mass is 32.2. The van der Waals surface area contributed by atoms with Crippen molar-refractivity contribution in [2.75, 3.05) is 27.1 Å². The fraction of sp³-hybridized carbons (Fsp3) is 0.467. The van der Waals surface area contributed by atoms with Crippen LogP contribution in [0.15, 0.2) is 40.4 Å². The van der Waals surface area contributed by atoms with E-state index in [4.69, 9.17) is 14.3 Å². The summed E-state index contributed by atoms with van der Waals surface area (Å²) in [4.78, 5) is 5.38. The van der Waals surface area contributed by atoms with Gasteiger partial charge >= 0.3 is 7.12 Å². The third kappa shape index (κ3) is 4.83. The van der Waals surface area contributed by atoms with Gasteiger partial charge in [-0.1, -0.05) is 18.2 Å². The van der Waals surface area contributed by atoms with Crippen LogP contribution < -0.4 is 10.2 Å². The van der Waals surface area contributed by atoms with Crippen LogP contribution in [-0.2, 0) is 24.3 Å². The molecule has 1 aliphatic heterocycles. The fourth-order valence-corrected chi connectivity index (χ4v) is 3.71. The zero-order valence-corrected chi connectivity index (χ0v) is 15.7. The summed E-state index contributed by atoms with van der Waals surface area (Å²) < 4.78 is 38.0. The summed E-state index contributed by atoms with van der Waals surface area (Å²) in [6.07, 6.45) is -0.921. The number of hydroxylamine groups is 2. The highest BCUT2D eigenvalue weighted by Crippen LogP contribution is 2.25. The Bertz CT molecular complexity index is 754. The number of benzene rings is 1. The van der Waals surface area contributed by atoms with E-state index < -0.39 is 23.4 Å². The molecule has 2 rings (SSSR count). The van der Waals surface area contributed by atoms with Crippen LogP contribution >= 0.6 is 0 Å². The SMILES string of the molecule is COCCOCN1OC(NS(=O)(=O)c2ccccc2B(O)O)C(C)=C1C. The molecule has 1 aromatic carbocycles. The van der Waals surface area contributed by atoms with Crippen LogP contribution in [0.2, 0.25) is 0 Å². The molecule has 144 valence electrons. The van der Waals surface area contributed by atoms with Crippen molar-refractivity contribution in [3.05, 3.63) is 35.5 Å². The minimum atomic E-state index is -4.04. The third-order valence-electron chi connectivity index (χ3n) is 3.96.